The van der Waals surface area contributed by atoms with E-state index in [0.29, 0.717) is 0 Å². The Labute approximate surface area is 83.6 Å². The Morgan fingerprint density at radius 3 is 2.86 bits per heavy atom. The van der Waals surface area contributed by atoms with Crippen LogP contribution in [-0.4, -0.2) is 11.1 Å². The lowest BCUT2D eigenvalue weighted by Crippen LogP contribution is -2.11. The number of hydrogen-bond acceptors (Lipinski definition) is 1. The molecule has 1 aromatic carbocycles. The van der Waals surface area contributed by atoms with Crippen molar-refractivity contribution in [1.29, 1.82) is 0 Å². The van der Waals surface area contributed by atoms with E-state index in [1.165, 1.54) is 5.56 Å². The predicted octanol–water partition coefficient (Wildman–Crippen LogP) is 2.58. The van der Waals surface area contributed by atoms with Gasteiger partial charge in [-0.1, -0.05) is 30.7 Å². The van der Waals surface area contributed by atoms with E-state index in [1.54, 1.807) is 0 Å². The fraction of sp³-hybridized carbons (Fsp3) is 0.417. The molecule has 0 amide bonds. The molecule has 0 radical (unpaired) electrons. The normalized spacial score (nSPS) is 21.0. The topological polar surface area (TPSA) is 37.3 Å². The summed E-state index contributed by atoms with van der Waals surface area (Å²) >= 11 is 0. The summed E-state index contributed by atoms with van der Waals surface area (Å²) in [6.45, 7) is 0. The molecule has 14 heavy (non-hydrogen) atoms. The minimum atomic E-state index is -0.681. The van der Waals surface area contributed by atoms with Crippen molar-refractivity contribution >= 4 is 5.97 Å². The van der Waals surface area contributed by atoms with Crippen LogP contribution in [0.5, 0.6) is 0 Å². The second-order valence-electron chi connectivity index (χ2n) is 3.84. The average Bonchev–Trinajstić information content (AvgIpc) is 2.39. The van der Waals surface area contributed by atoms with Crippen LogP contribution in [0.25, 0.3) is 0 Å². The summed E-state index contributed by atoms with van der Waals surface area (Å²) in [5.41, 5.74) is 2.25. The average molecular weight is 190 g/mol. The van der Waals surface area contributed by atoms with Crippen molar-refractivity contribution in [2.45, 2.75) is 31.6 Å². The molecule has 0 heterocycles. The molecule has 1 aliphatic carbocycles. The predicted molar refractivity (Wildman–Crippen MR) is 54.4 cm³/mol. The fourth-order valence-corrected chi connectivity index (χ4v) is 2.18. The van der Waals surface area contributed by atoms with Gasteiger partial charge in [-0.3, -0.25) is 4.79 Å². The van der Waals surface area contributed by atoms with E-state index in [-0.39, 0.29) is 5.92 Å². The quantitative estimate of drug-likeness (QED) is 0.691. The number of aryl methyl sites for hydroxylation is 1. The summed E-state index contributed by atoms with van der Waals surface area (Å²) in [5.74, 6) is -0.965. The lowest BCUT2D eigenvalue weighted by Gasteiger charge is -2.12. The van der Waals surface area contributed by atoms with Gasteiger partial charge in [-0.25, -0.2) is 0 Å². The number of benzene rings is 1. The minimum absolute atomic E-state index is 0.284. The van der Waals surface area contributed by atoms with Crippen molar-refractivity contribution in [3.8, 4) is 0 Å². The van der Waals surface area contributed by atoms with Crippen molar-refractivity contribution in [2.75, 3.05) is 0 Å². The number of aliphatic carboxylic acids is 1. The highest BCUT2D eigenvalue weighted by Gasteiger charge is 2.23. The molecule has 2 nitrogen and oxygen atoms in total. The first-order valence-corrected chi connectivity index (χ1v) is 5.09. The standard InChI is InChI=1S/C12H14O2/c13-12(14)11-8-4-2-6-9-5-1-3-7-10(9)11/h1,3,5,7,11H,2,4,6,8H2,(H,13,14)/t11-/m1/s1. The van der Waals surface area contributed by atoms with E-state index in [2.05, 4.69) is 6.07 Å². The van der Waals surface area contributed by atoms with Gasteiger partial charge in [0.25, 0.3) is 0 Å². The first kappa shape index (κ1) is 9.25. The lowest BCUT2D eigenvalue weighted by molar-refractivity contribution is -0.139. The molecule has 1 N–H and O–H groups in total. The van der Waals surface area contributed by atoms with Gasteiger partial charge < -0.3 is 5.11 Å². The van der Waals surface area contributed by atoms with Crippen LogP contribution in [0.4, 0.5) is 0 Å². The van der Waals surface area contributed by atoms with Gasteiger partial charge >= 0.3 is 5.97 Å². The third kappa shape index (κ3) is 1.65. The van der Waals surface area contributed by atoms with Gasteiger partial charge in [-0.05, 0) is 30.4 Å². The first-order valence-electron chi connectivity index (χ1n) is 5.09. The van der Waals surface area contributed by atoms with E-state index in [0.717, 1.165) is 31.2 Å². The summed E-state index contributed by atoms with van der Waals surface area (Å²) in [6, 6.07) is 7.93. The number of carbonyl (C=O) groups is 1. The summed E-state index contributed by atoms with van der Waals surface area (Å²) in [4.78, 5) is 11.1. The zero-order chi connectivity index (χ0) is 9.97. The summed E-state index contributed by atoms with van der Waals surface area (Å²) < 4.78 is 0. The second kappa shape index (κ2) is 3.82. The van der Waals surface area contributed by atoms with Gasteiger partial charge in [0.05, 0.1) is 5.92 Å². The second-order valence-corrected chi connectivity index (χ2v) is 3.84. The molecule has 2 heteroatoms. The Morgan fingerprint density at radius 1 is 1.29 bits per heavy atom. The highest BCUT2D eigenvalue weighted by Crippen LogP contribution is 2.30. The third-order valence-electron chi connectivity index (χ3n) is 2.92. The zero-order valence-corrected chi connectivity index (χ0v) is 8.07. The Kier molecular flexibility index (Phi) is 2.53. The maximum atomic E-state index is 11.1. The molecule has 0 saturated heterocycles. The van der Waals surface area contributed by atoms with Crippen LogP contribution in [-0.2, 0) is 11.2 Å². The van der Waals surface area contributed by atoms with E-state index >= 15 is 0 Å². The zero-order valence-electron chi connectivity index (χ0n) is 8.07. The molecule has 1 aromatic rings. The molecule has 74 valence electrons. The van der Waals surface area contributed by atoms with Crippen molar-refractivity contribution < 1.29 is 9.90 Å². The van der Waals surface area contributed by atoms with Gasteiger partial charge in [0, 0.05) is 0 Å². The van der Waals surface area contributed by atoms with Crippen molar-refractivity contribution in [1.82, 2.24) is 0 Å². The molecule has 0 aliphatic heterocycles. The van der Waals surface area contributed by atoms with Crippen LogP contribution in [0.2, 0.25) is 0 Å². The van der Waals surface area contributed by atoms with E-state index in [1.807, 2.05) is 18.2 Å². The molecule has 0 unspecified atom stereocenters. The molecule has 1 aliphatic rings. The maximum absolute atomic E-state index is 11.1. The number of carboxylic acids is 1. The summed E-state index contributed by atoms with van der Waals surface area (Å²) in [6.07, 6.45) is 3.94. The molecule has 0 saturated carbocycles. The maximum Gasteiger partial charge on any atom is 0.310 e. The monoisotopic (exact) mass is 190 g/mol. The van der Waals surface area contributed by atoms with E-state index in [4.69, 9.17) is 5.11 Å². The van der Waals surface area contributed by atoms with Crippen molar-refractivity contribution in [3.05, 3.63) is 35.4 Å². The van der Waals surface area contributed by atoms with Gasteiger partial charge in [0.2, 0.25) is 0 Å². The largest absolute Gasteiger partial charge is 0.481 e. The molecule has 1 atom stereocenters. The van der Waals surface area contributed by atoms with Crippen LogP contribution in [0, 0.1) is 0 Å². The van der Waals surface area contributed by atoms with Gasteiger partial charge in [-0.2, -0.15) is 0 Å². The molecule has 0 spiro atoms. The fourth-order valence-electron chi connectivity index (χ4n) is 2.18. The summed E-state index contributed by atoms with van der Waals surface area (Å²) in [5, 5.41) is 9.11. The SMILES string of the molecule is O=C(O)[C@@H]1CCCCc2ccccc21. The van der Waals surface area contributed by atoms with E-state index in [9.17, 15) is 4.79 Å². The molecule has 0 bridgehead atoms. The molecule has 2 rings (SSSR count). The Hall–Kier alpha value is -1.31. The molecular formula is C12H14O2. The molecule has 0 aromatic heterocycles. The summed E-state index contributed by atoms with van der Waals surface area (Å²) in [7, 11) is 0. The number of carboxylic acid groups (broad SMARTS) is 1. The minimum Gasteiger partial charge on any atom is -0.481 e. The van der Waals surface area contributed by atoms with Crippen LogP contribution in [0.15, 0.2) is 24.3 Å². The highest BCUT2D eigenvalue weighted by molar-refractivity contribution is 5.76. The number of hydrogen-bond donors (Lipinski definition) is 1. The van der Waals surface area contributed by atoms with Crippen LogP contribution < -0.4 is 0 Å². The molecule has 0 fully saturated rings. The van der Waals surface area contributed by atoms with Gasteiger partial charge in [-0.15, -0.1) is 0 Å². The van der Waals surface area contributed by atoms with Crippen molar-refractivity contribution in [3.63, 3.8) is 0 Å². The Balaban J connectivity index is 2.42. The smallest absolute Gasteiger partial charge is 0.310 e. The Morgan fingerprint density at radius 2 is 2.07 bits per heavy atom. The van der Waals surface area contributed by atoms with Crippen LogP contribution >= 0.6 is 0 Å². The Bertz CT molecular complexity index is 344. The number of rotatable bonds is 1. The third-order valence-corrected chi connectivity index (χ3v) is 2.92. The number of fused-ring (bicyclic) bond motifs is 1. The lowest BCUT2D eigenvalue weighted by atomic mass is 9.93. The highest BCUT2D eigenvalue weighted by atomic mass is 16.4. The van der Waals surface area contributed by atoms with Crippen LogP contribution in [0.1, 0.15) is 36.3 Å². The van der Waals surface area contributed by atoms with Gasteiger partial charge in [0.15, 0.2) is 0 Å². The first-order chi connectivity index (χ1) is 6.79. The van der Waals surface area contributed by atoms with Crippen molar-refractivity contribution in [2.24, 2.45) is 0 Å². The van der Waals surface area contributed by atoms with Crippen LogP contribution in [0.3, 0.4) is 0 Å². The van der Waals surface area contributed by atoms with Gasteiger partial charge in [0.1, 0.15) is 0 Å². The van der Waals surface area contributed by atoms with E-state index < -0.39 is 5.97 Å². The molecular weight excluding hydrogens is 176 g/mol.